The zero-order chi connectivity index (χ0) is 13.1. The summed E-state index contributed by atoms with van der Waals surface area (Å²) in [7, 11) is 0. The van der Waals surface area contributed by atoms with Crippen LogP contribution in [0.25, 0.3) is 0 Å². The minimum atomic E-state index is -0.319. The van der Waals surface area contributed by atoms with Gasteiger partial charge in [0, 0.05) is 19.1 Å². The Balaban J connectivity index is 2.81. The molecule has 0 spiro atoms. The van der Waals surface area contributed by atoms with Gasteiger partial charge in [0.15, 0.2) is 0 Å². The van der Waals surface area contributed by atoms with Gasteiger partial charge in [0.05, 0.1) is 18.3 Å². The van der Waals surface area contributed by atoms with Crippen LogP contribution in [0.15, 0.2) is 4.99 Å². The van der Waals surface area contributed by atoms with Gasteiger partial charge in [0.1, 0.15) is 0 Å². The number of rotatable bonds is 2. The molecule has 1 heterocycles. The van der Waals surface area contributed by atoms with Crippen LogP contribution in [0.1, 0.15) is 27.7 Å². The third-order valence-electron chi connectivity index (χ3n) is 2.49. The van der Waals surface area contributed by atoms with Gasteiger partial charge in [0.25, 0.3) is 0 Å². The second-order valence-electron chi connectivity index (χ2n) is 5.25. The van der Waals surface area contributed by atoms with Crippen molar-refractivity contribution >= 4 is 5.96 Å². The Hall–Kier alpha value is -0.850. The number of morpholine rings is 1. The first-order valence-corrected chi connectivity index (χ1v) is 5.96. The number of nitrogens with one attached hydrogen (secondary N) is 1. The quantitative estimate of drug-likeness (QED) is 0.268. The summed E-state index contributed by atoms with van der Waals surface area (Å²) < 4.78 is 5.74. The summed E-state index contributed by atoms with van der Waals surface area (Å²) in [6, 6.07) is 0.166. The molecule has 6 heteroatoms. The molecule has 0 aromatic rings. The SMILES string of the molecule is CC(C)N=C(NN)N1CC(CO)OC(C)(C)C1. The fourth-order valence-corrected chi connectivity index (χ4v) is 2.01. The number of nitrogens with zero attached hydrogens (tertiary/aromatic N) is 2. The van der Waals surface area contributed by atoms with Crippen molar-refractivity contribution in [3.8, 4) is 0 Å². The van der Waals surface area contributed by atoms with E-state index < -0.39 is 0 Å². The number of hydrogen-bond acceptors (Lipinski definition) is 4. The van der Waals surface area contributed by atoms with Crippen molar-refractivity contribution in [2.24, 2.45) is 10.8 Å². The highest BCUT2D eigenvalue weighted by atomic mass is 16.5. The van der Waals surface area contributed by atoms with Crippen LogP contribution in [0, 0.1) is 0 Å². The molecule has 0 aromatic carbocycles. The first-order chi connectivity index (χ1) is 7.88. The van der Waals surface area contributed by atoms with Crippen molar-refractivity contribution in [2.45, 2.75) is 45.4 Å². The minimum absolute atomic E-state index is 0.000536. The van der Waals surface area contributed by atoms with E-state index in [0.717, 1.165) is 0 Å². The van der Waals surface area contributed by atoms with Gasteiger partial charge in [0.2, 0.25) is 5.96 Å². The molecule has 0 aliphatic carbocycles. The molecule has 100 valence electrons. The molecule has 4 N–H and O–H groups in total. The highest BCUT2D eigenvalue weighted by molar-refractivity contribution is 5.79. The molecule has 6 nitrogen and oxygen atoms in total. The fourth-order valence-electron chi connectivity index (χ4n) is 2.01. The predicted molar refractivity (Wildman–Crippen MR) is 67.5 cm³/mol. The molecule has 1 atom stereocenters. The fraction of sp³-hybridized carbons (Fsp3) is 0.909. The number of ether oxygens (including phenoxy) is 1. The molecule has 0 aromatic heterocycles. The summed E-state index contributed by atoms with van der Waals surface area (Å²) in [5.74, 6) is 6.15. The van der Waals surface area contributed by atoms with Gasteiger partial charge < -0.3 is 14.7 Å². The van der Waals surface area contributed by atoms with E-state index >= 15 is 0 Å². The van der Waals surface area contributed by atoms with Crippen LogP contribution in [0.3, 0.4) is 0 Å². The van der Waals surface area contributed by atoms with E-state index in [2.05, 4.69) is 10.4 Å². The first kappa shape index (κ1) is 14.2. The zero-order valence-electron chi connectivity index (χ0n) is 11.1. The predicted octanol–water partition coefficient (Wildman–Crippen LogP) is -0.314. The van der Waals surface area contributed by atoms with Gasteiger partial charge in [-0.25, -0.2) is 10.8 Å². The van der Waals surface area contributed by atoms with Crippen LogP contribution in [0.5, 0.6) is 0 Å². The largest absolute Gasteiger partial charge is 0.394 e. The van der Waals surface area contributed by atoms with Crippen molar-refractivity contribution in [1.29, 1.82) is 0 Å². The van der Waals surface area contributed by atoms with Crippen molar-refractivity contribution in [3.63, 3.8) is 0 Å². The second-order valence-corrected chi connectivity index (χ2v) is 5.25. The molecular formula is C11H24N4O2. The van der Waals surface area contributed by atoms with Crippen LogP contribution in [-0.4, -0.2) is 53.4 Å². The minimum Gasteiger partial charge on any atom is -0.394 e. The molecule has 1 aliphatic rings. The number of guanidine groups is 1. The van der Waals surface area contributed by atoms with Gasteiger partial charge in [-0.3, -0.25) is 5.43 Å². The summed E-state index contributed by atoms with van der Waals surface area (Å²) in [6.07, 6.45) is -0.204. The number of aliphatic hydroxyl groups excluding tert-OH is 1. The molecular weight excluding hydrogens is 220 g/mol. The lowest BCUT2D eigenvalue weighted by atomic mass is 10.1. The number of hydrogen-bond donors (Lipinski definition) is 3. The topological polar surface area (TPSA) is 83.1 Å². The van der Waals surface area contributed by atoms with E-state index in [9.17, 15) is 5.11 Å². The molecule has 1 fully saturated rings. The Morgan fingerprint density at radius 1 is 1.65 bits per heavy atom. The Labute approximate surface area is 103 Å². The number of nitrogens with two attached hydrogens (primary N) is 1. The maximum Gasteiger partial charge on any atom is 0.208 e. The lowest BCUT2D eigenvalue weighted by molar-refractivity contribution is -0.135. The number of aliphatic hydroxyl groups is 1. The van der Waals surface area contributed by atoms with Crippen LogP contribution in [0.2, 0.25) is 0 Å². The molecule has 0 radical (unpaired) electrons. The Kier molecular flexibility index (Phi) is 4.73. The van der Waals surface area contributed by atoms with Gasteiger partial charge >= 0.3 is 0 Å². The molecule has 0 saturated carbocycles. The van der Waals surface area contributed by atoms with Crippen LogP contribution >= 0.6 is 0 Å². The average molecular weight is 244 g/mol. The van der Waals surface area contributed by atoms with Crippen LogP contribution in [-0.2, 0) is 4.74 Å². The molecule has 0 bridgehead atoms. The molecule has 1 rings (SSSR count). The third-order valence-corrected chi connectivity index (χ3v) is 2.49. The Morgan fingerprint density at radius 3 is 2.76 bits per heavy atom. The second kappa shape index (κ2) is 5.66. The summed E-state index contributed by atoms with van der Waals surface area (Å²) in [4.78, 5) is 6.44. The average Bonchev–Trinajstić information content (AvgIpc) is 2.23. The molecule has 1 aliphatic heterocycles. The number of hydrazine groups is 1. The van der Waals surface area contributed by atoms with Crippen molar-refractivity contribution in [1.82, 2.24) is 10.3 Å². The lowest BCUT2D eigenvalue weighted by Crippen LogP contribution is -2.59. The van der Waals surface area contributed by atoms with E-state index in [4.69, 9.17) is 10.6 Å². The highest BCUT2D eigenvalue weighted by Gasteiger charge is 2.34. The Bertz CT molecular complexity index is 279. The van der Waals surface area contributed by atoms with Gasteiger partial charge in [-0.15, -0.1) is 0 Å². The van der Waals surface area contributed by atoms with Crippen molar-refractivity contribution < 1.29 is 9.84 Å². The van der Waals surface area contributed by atoms with Gasteiger partial charge in [-0.2, -0.15) is 0 Å². The normalized spacial score (nSPS) is 25.2. The summed E-state index contributed by atoms with van der Waals surface area (Å²) in [6.45, 7) is 9.25. The third kappa shape index (κ3) is 4.14. The summed E-state index contributed by atoms with van der Waals surface area (Å²) >= 11 is 0. The van der Waals surface area contributed by atoms with Gasteiger partial charge in [-0.1, -0.05) is 0 Å². The smallest absolute Gasteiger partial charge is 0.208 e. The molecule has 1 unspecified atom stereocenters. The molecule has 1 saturated heterocycles. The van der Waals surface area contributed by atoms with E-state index in [-0.39, 0.29) is 24.4 Å². The Morgan fingerprint density at radius 2 is 2.29 bits per heavy atom. The standard InChI is InChI=1S/C11H24N4O2/c1-8(2)13-10(14-12)15-5-9(6-16)17-11(3,4)7-15/h8-9,16H,5-7,12H2,1-4H3,(H,13,14). The molecule has 17 heavy (non-hydrogen) atoms. The van der Waals surface area contributed by atoms with E-state index in [1.54, 1.807) is 0 Å². The van der Waals surface area contributed by atoms with Crippen LogP contribution < -0.4 is 11.3 Å². The van der Waals surface area contributed by atoms with E-state index in [1.165, 1.54) is 0 Å². The maximum absolute atomic E-state index is 9.23. The molecule has 0 amide bonds. The first-order valence-electron chi connectivity index (χ1n) is 5.96. The highest BCUT2D eigenvalue weighted by Crippen LogP contribution is 2.20. The van der Waals surface area contributed by atoms with Gasteiger partial charge in [-0.05, 0) is 27.7 Å². The summed E-state index contributed by atoms with van der Waals surface area (Å²) in [5, 5.41) is 9.23. The lowest BCUT2D eigenvalue weighted by Gasteiger charge is -2.43. The van der Waals surface area contributed by atoms with E-state index in [0.29, 0.717) is 19.0 Å². The monoisotopic (exact) mass is 244 g/mol. The summed E-state index contributed by atoms with van der Waals surface area (Å²) in [5.41, 5.74) is 2.31. The zero-order valence-corrected chi connectivity index (χ0v) is 11.1. The number of aliphatic imine (C=N–C) groups is 1. The van der Waals surface area contributed by atoms with Crippen molar-refractivity contribution in [2.75, 3.05) is 19.7 Å². The van der Waals surface area contributed by atoms with E-state index in [1.807, 2.05) is 32.6 Å². The van der Waals surface area contributed by atoms with Crippen molar-refractivity contribution in [3.05, 3.63) is 0 Å². The maximum atomic E-state index is 9.23. The van der Waals surface area contributed by atoms with Crippen LogP contribution in [0.4, 0.5) is 0 Å².